The molecule has 1 fully saturated rings. The molecule has 6 nitrogen and oxygen atoms in total. The van der Waals surface area contributed by atoms with Gasteiger partial charge in [-0.05, 0) is 38.1 Å². The Bertz CT molecular complexity index is 756. The molecule has 0 aromatic carbocycles. The van der Waals surface area contributed by atoms with Gasteiger partial charge < -0.3 is 18.9 Å². The zero-order valence-electron chi connectivity index (χ0n) is 15.2. The Morgan fingerprint density at radius 2 is 2.00 bits per heavy atom. The lowest BCUT2D eigenvalue weighted by molar-refractivity contribution is 0.0549. The number of amides is 1. The summed E-state index contributed by atoms with van der Waals surface area (Å²) in [5, 5.41) is 0. The Hall–Kier alpha value is -2.08. The Kier molecular flexibility index (Phi) is 4.37. The lowest BCUT2D eigenvalue weighted by Crippen LogP contribution is -2.51. The van der Waals surface area contributed by atoms with Crippen molar-refractivity contribution >= 4 is 5.91 Å². The van der Waals surface area contributed by atoms with Crippen molar-refractivity contribution in [3.8, 4) is 0 Å². The number of hydrogen-bond acceptors (Lipinski definition) is 3. The number of aromatic nitrogens is 3. The quantitative estimate of drug-likeness (QED) is 0.855. The number of carbonyl (C=O) groups excluding carboxylic acids is 1. The van der Waals surface area contributed by atoms with Crippen LogP contribution in [0.2, 0.25) is 0 Å². The van der Waals surface area contributed by atoms with Crippen LogP contribution in [0.25, 0.3) is 0 Å². The molecule has 6 heteroatoms. The third-order valence-corrected chi connectivity index (χ3v) is 5.68. The third kappa shape index (κ3) is 3.11. The molecule has 1 saturated heterocycles. The molecular weight excluding hydrogens is 314 g/mol. The number of nitrogens with zero attached hydrogens (tertiary/aromatic N) is 5. The first-order chi connectivity index (χ1) is 12.1. The molecule has 0 N–H and O–H groups in total. The second-order valence-corrected chi connectivity index (χ2v) is 7.41. The SMILES string of the molecule is Cn1cccc1C(=O)N1Cc2ncn(C)c2CC1CN1CCCCC1. The summed E-state index contributed by atoms with van der Waals surface area (Å²) in [7, 11) is 3.99. The molecule has 2 aliphatic heterocycles. The number of aryl methyl sites for hydroxylation is 2. The Morgan fingerprint density at radius 1 is 1.20 bits per heavy atom. The summed E-state index contributed by atoms with van der Waals surface area (Å²) in [6.07, 6.45) is 8.57. The monoisotopic (exact) mass is 341 g/mol. The molecule has 0 spiro atoms. The number of carbonyl (C=O) groups is 1. The third-order valence-electron chi connectivity index (χ3n) is 5.68. The molecule has 1 atom stereocenters. The number of imidazole rings is 1. The van der Waals surface area contributed by atoms with Crippen LogP contribution in [0.5, 0.6) is 0 Å². The van der Waals surface area contributed by atoms with Crippen molar-refractivity contribution in [2.24, 2.45) is 14.1 Å². The first-order valence-electron chi connectivity index (χ1n) is 9.27. The van der Waals surface area contributed by atoms with Gasteiger partial charge in [-0.3, -0.25) is 4.79 Å². The Morgan fingerprint density at radius 3 is 2.72 bits per heavy atom. The maximum atomic E-state index is 13.2. The molecule has 2 aliphatic rings. The predicted molar refractivity (Wildman–Crippen MR) is 96.3 cm³/mol. The van der Waals surface area contributed by atoms with Gasteiger partial charge in [0, 0.05) is 39.0 Å². The summed E-state index contributed by atoms with van der Waals surface area (Å²) in [4.78, 5) is 22.3. The molecule has 2 aromatic rings. The minimum atomic E-state index is 0.116. The number of hydrogen-bond donors (Lipinski definition) is 0. The minimum absolute atomic E-state index is 0.116. The fourth-order valence-electron chi connectivity index (χ4n) is 4.19. The maximum Gasteiger partial charge on any atom is 0.271 e. The van der Waals surface area contributed by atoms with Crippen LogP contribution in [-0.2, 0) is 27.1 Å². The lowest BCUT2D eigenvalue weighted by atomic mass is 10.00. The zero-order chi connectivity index (χ0) is 17.4. The van der Waals surface area contributed by atoms with E-state index in [1.54, 1.807) is 0 Å². The van der Waals surface area contributed by atoms with E-state index in [1.165, 1.54) is 25.0 Å². The fraction of sp³-hybridized carbons (Fsp3) is 0.579. The van der Waals surface area contributed by atoms with Gasteiger partial charge in [0.25, 0.3) is 5.91 Å². The molecule has 1 unspecified atom stereocenters. The summed E-state index contributed by atoms with van der Waals surface area (Å²) >= 11 is 0. The Labute approximate surface area is 149 Å². The van der Waals surface area contributed by atoms with Crippen LogP contribution in [0.3, 0.4) is 0 Å². The van der Waals surface area contributed by atoms with E-state index in [0.717, 1.165) is 37.4 Å². The van der Waals surface area contributed by atoms with Crippen molar-refractivity contribution in [2.75, 3.05) is 19.6 Å². The molecule has 0 aliphatic carbocycles. The van der Waals surface area contributed by atoms with Gasteiger partial charge in [-0.25, -0.2) is 4.98 Å². The molecule has 0 saturated carbocycles. The van der Waals surface area contributed by atoms with Crippen molar-refractivity contribution < 1.29 is 4.79 Å². The van der Waals surface area contributed by atoms with Gasteiger partial charge in [-0.1, -0.05) is 6.42 Å². The highest BCUT2D eigenvalue weighted by molar-refractivity contribution is 5.93. The molecule has 0 radical (unpaired) electrons. The van der Waals surface area contributed by atoms with E-state index in [2.05, 4.69) is 21.5 Å². The van der Waals surface area contributed by atoms with Crippen LogP contribution in [-0.4, -0.2) is 55.5 Å². The van der Waals surface area contributed by atoms with Crippen LogP contribution >= 0.6 is 0 Å². The van der Waals surface area contributed by atoms with Gasteiger partial charge in [-0.15, -0.1) is 0 Å². The van der Waals surface area contributed by atoms with Crippen LogP contribution < -0.4 is 0 Å². The highest BCUT2D eigenvalue weighted by atomic mass is 16.2. The number of rotatable bonds is 3. The molecule has 0 bridgehead atoms. The van der Waals surface area contributed by atoms with Gasteiger partial charge in [0.15, 0.2) is 0 Å². The number of likely N-dealkylation sites (tertiary alicyclic amines) is 1. The normalized spacial score (nSPS) is 21.4. The first-order valence-corrected chi connectivity index (χ1v) is 9.27. The first kappa shape index (κ1) is 16.4. The summed E-state index contributed by atoms with van der Waals surface area (Å²) in [6, 6.07) is 4.06. The average Bonchev–Trinajstić information content (AvgIpc) is 3.21. The van der Waals surface area contributed by atoms with E-state index >= 15 is 0 Å². The van der Waals surface area contributed by atoms with E-state index in [1.807, 2.05) is 41.2 Å². The van der Waals surface area contributed by atoms with Crippen LogP contribution in [0, 0.1) is 0 Å². The molecular formula is C19H27N5O. The van der Waals surface area contributed by atoms with E-state index in [-0.39, 0.29) is 11.9 Å². The average molecular weight is 341 g/mol. The van der Waals surface area contributed by atoms with Crippen molar-refractivity contribution in [2.45, 2.75) is 38.3 Å². The molecule has 25 heavy (non-hydrogen) atoms. The van der Waals surface area contributed by atoms with E-state index in [0.29, 0.717) is 6.54 Å². The highest BCUT2D eigenvalue weighted by Gasteiger charge is 2.34. The molecule has 134 valence electrons. The van der Waals surface area contributed by atoms with Crippen molar-refractivity contribution in [3.63, 3.8) is 0 Å². The molecule has 2 aromatic heterocycles. The van der Waals surface area contributed by atoms with Crippen molar-refractivity contribution in [3.05, 3.63) is 41.7 Å². The molecule has 1 amide bonds. The van der Waals surface area contributed by atoms with Gasteiger partial charge in [0.05, 0.1) is 24.6 Å². The largest absolute Gasteiger partial charge is 0.347 e. The summed E-state index contributed by atoms with van der Waals surface area (Å²) in [5.74, 6) is 0.116. The van der Waals surface area contributed by atoms with Crippen LogP contribution in [0.1, 0.15) is 41.1 Å². The van der Waals surface area contributed by atoms with E-state index in [9.17, 15) is 4.79 Å². The highest BCUT2D eigenvalue weighted by Crippen LogP contribution is 2.25. The molecule has 4 rings (SSSR count). The van der Waals surface area contributed by atoms with E-state index < -0.39 is 0 Å². The summed E-state index contributed by atoms with van der Waals surface area (Å²) in [6.45, 7) is 3.88. The van der Waals surface area contributed by atoms with Crippen molar-refractivity contribution in [1.82, 2.24) is 23.9 Å². The van der Waals surface area contributed by atoms with Gasteiger partial charge in [0.2, 0.25) is 0 Å². The summed E-state index contributed by atoms with van der Waals surface area (Å²) < 4.78 is 4.02. The topological polar surface area (TPSA) is 46.3 Å². The fourth-order valence-corrected chi connectivity index (χ4v) is 4.19. The lowest BCUT2D eigenvalue weighted by Gasteiger charge is -2.39. The zero-order valence-corrected chi connectivity index (χ0v) is 15.2. The standard InChI is InChI=1S/C19H27N5O/c1-21-8-6-7-17(21)19(25)24-13-16-18(22(2)14-20-16)11-15(24)12-23-9-4-3-5-10-23/h6-8,14-15H,3-5,9-13H2,1-2H3. The maximum absolute atomic E-state index is 13.2. The number of fused-ring (bicyclic) bond motifs is 1. The van der Waals surface area contributed by atoms with Crippen molar-refractivity contribution in [1.29, 1.82) is 0 Å². The van der Waals surface area contributed by atoms with Crippen LogP contribution in [0.15, 0.2) is 24.7 Å². The Balaban J connectivity index is 1.61. The van der Waals surface area contributed by atoms with E-state index in [4.69, 9.17) is 0 Å². The number of piperidine rings is 1. The smallest absolute Gasteiger partial charge is 0.271 e. The van der Waals surface area contributed by atoms with Gasteiger partial charge >= 0.3 is 0 Å². The van der Waals surface area contributed by atoms with Gasteiger partial charge in [0.1, 0.15) is 5.69 Å². The second kappa shape index (κ2) is 6.67. The second-order valence-electron chi connectivity index (χ2n) is 7.41. The minimum Gasteiger partial charge on any atom is -0.347 e. The summed E-state index contributed by atoms with van der Waals surface area (Å²) in [5.41, 5.74) is 3.07. The predicted octanol–water partition coefficient (Wildman–Crippen LogP) is 1.81. The molecule has 4 heterocycles. The van der Waals surface area contributed by atoms with Crippen LogP contribution in [0.4, 0.5) is 0 Å². The van der Waals surface area contributed by atoms with Gasteiger partial charge in [-0.2, -0.15) is 0 Å².